The second-order valence-corrected chi connectivity index (χ2v) is 6.96. The number of aromatic nitrogens is 3. The smallest absolute Gasteiger partial charge is 0.267 e. The predicted octanol–water partition coefficient (Wildman–Crippen LogP) is 3.08. The van der Waals surface area contributed by atoms with E-state index in [1.807, 2.05) is 36.4 Å². The molecule has 0 atom stereocenters. The molecule has 0 aliphatic rings. The lowest BCUT2D eigenvalue weighted by atomic mass is 10.1. The number of hydrogen-bond acceptors (Lipinski definition) is 5. The molecule has 0 radical (unpaired) electrons. The van der Waals surface area contributed by atoms with E-state index in [0.717, 1.165) is 10.1 Å². The molecule has 4 aromatic rings. The molecule has 3 aromatic carbocycles. The van der Waals surface area contributed by atoms with E-state index < -0.39 is 16.2 Å². The minimum absolute atomic E-state index is 0.101. The Morgan fingerprint density at radius 3 is 2.13 bits per heavy atom. The van der Waals surface area contributed by atoms with Crippen LogP contribution in [0.25, 0.3) is 11.3 Å². The molecule has 0 bridgehead atoms. The third-order valence-electron chi connectivity index (χ3n) is 4.80. The van der Waals surface area contributed by atoms with E-state index in [1.165, 1.54) is 22.9 Å². The summed E-state index contributed by atoms with van der Waals surface area (Å²) in [5, 5.41) is 15.4. The molecule has 8 nitrogen and oxygen atoms in total. The fourth-order valence-electron chi connectivity index (χ4n) is 3.29. The third-order valence-corrected chi connectivity index (χ3v) is 4.80. The zero-order valence-corrected chi connectivity index (χ0v) is 16.4. The molecule has 0 N–H and O–H groups in total. The van der Waals surface area contributed by atoms with Gasteiger partial charge in [-0.05, 0) is 11.1 Å². The Morgan fingerprint density at radius 1 is 0.806 bits per heavy atom. The summed E-state index contributed by atoms with van der Waals surface area (Å²) in [7, 11) is 0. The summed E-state index contributed by atoms with van der Waals surface area (Å²) in [6.45, 7) is 0.0885. The first-order valence-corrected chi connectivity index (χ1v) is 9.57. The van der Waals surface area contributed by atoms with E-state index in [2.05, 4.69) is 5.10 Å². The number of nitro benzene ring substituents is 1. The standard InChI is InChI=1S/C23H18N4O4/c28-22-21(19-11-5-2-6-12-19)24-26(16-17-8-3-1-4-9-17)23(29)25(22)15-18-10-7-13-20(14-18)27(30)31/h1-14H,15-16H2. The van der Waals surface area contributed by atoms with Crippen molar-refractivity contribution in [2.75, 3.05) is 0 Å². The maximum absolute atomic E-state index is 13.2. The van der Waals surface area contributed by atoms with Crippen molar-refractivity contribution in [3.05, 3.63) is 127 Å². The molecule has 0 saturated carbocycles. The fourth-order valence-corrected chi connectivity index (χ4v) is 3.29. The SMILES string of the molecule is O=c1c(-c2ccccc2)nn(Cc2ccccc2)c(=O)n1Cc1cccc([N+](=O)[O-])c1. The summed E-state index contributed by atoms with van der Waals surface area (Å²) in [4.78, 5) is 36.9. The van der Waals surface area contributed by atoms with Crippen molar-refractivity contribution < 1.29 is 4.92 Å². The van der Waals surface area contributed by atoms with Gasteiger partial charge < -0.3 is 0 Å². The van der Waals surface area contributed by atoms with Crippen LogP contribution in [0.4, 0.5) is 5.69 Å². The van der Waals surface area contributed by atoms with Gasteiger partial charge in [0.2, 0.25) is 0 Å². The number of hydrogen-bond donors (Lipinski definition) is 0. The Morgan fingerprint density at radius 2 is 1.45 bits per heavy atom. The van der Waals surface area contributed by atoms with Gasteiger partial charge in [0.05, 0.1) is 18.0 Å². The average Bonchev–Trinajstić information content (AvgIpc) is 2.80. The zero-order valence-electron chi connectivity index (χ0n) is 16.4. The quantitative estimate of drug-likeness (QED) is 0.357. The van der Waals surface area contributed by atoms with Crippen molar-refractivity contribution >= 4 is 5.69 Å². The van der Waals surface area contributed by atoms with Gasteiger partial charge in [-0.25, -0.2) is 9.48 Å². The first-order valence-electron chi connectivity index (χ1n) is 9.57. The highest BCUT2D eigenvalue weighted by molar-refractivity contribution is 5.57. The van der Waals surface area contributed by atoms with Gasteiger partial charge in [-0.2, -0.15) is 5.10 Å². The summed E-state index contributed by atoms with van der Waals surface area (Å²) in [6, 6.07) is 24.1. The van der Waals surface area contributed by atoms with Crippen molar-refractivity contribution in [1.29, 1.82) is 0 Å². The molecule has 1 heterocycles. The van der Waals surface area contributed by atoms with Gasteiger partial charge in [-0.15, -0.1) is 0 Å². The lowest BCUT2D eigenvalue weighted by molar-refractivity contribution is -0.384. The lowest BCUT2D eigenvalue weighted by Crippen LogP contribution is -2.42. The first-order chi connectivity index (χ1) is 15.0. The Bertz CT molecular complexity index is 1350. The highest BCUT2D eigenvalue weighted by atomic mass is 16.6. The molecule has 0 spiro atoms. The first kappa shape index (κ1) is 20.0. The summed E-state index contributed by atoms with van der Waals surface area (Å²) >= 11 is 0. The van der Waals surface area contributed by atoms with Gasteiger partial charge >= 0.3 is 5.69 Å². The number of nitro groups is 1. The molecule has 0 saturated heterocycles. The lowest BCUT2D eigenvalue weighted by Gasteiger charge is -2.12. The molecule has 0 fully saturated rings. The van der Waals surface area contributed by atoms with Crippen LogP contribution in [0.3, 0.4) is 0 Å². The van der Waals surface area contributed by atoms with E-state index in [9.17, 15) is 19.7 Å². The van der Waals surface area contributed by atoms with Crippen molar-refractivity contribution in [3.8, 4) is 11.3 Å². The Kier molecular flexibility index (Phi) is 5.53. The Labute approximate surface area is 176 Å². The molecular weight excluding hydrogens is 396 g/mol. The molecule has 0 unspecified atom stereocenters. The van der Waals surface area contributed by atoms with Crippen LogP contribution in [0.5, 0.6) is 0 Å². The summed E-state index contributed by atoms with van der Waals surface area (Å²) < 4.78 is 2.31. The van der Waals surface area contributed by atoms with Crippen LogP contribution in [0.2, 0.25) is 0 Å². The van der Waals surface area contributed by atoms with Gasteiger partial charge in [0.15, 0.2) is 5.69 Å². The minimum Gasteiger partial charge on any atom is -0.267 e. The Hall–Kier alpha value is -4.33. The molecular formula is C23H18N4O4. The number of rotatable bonds is 6. The van der Waals surface area contributed by atoms with Crippen molar-refractivity contribution in [2.45, 2.75) is 13.1 Å². The molecule has 1 aromatic heterocycles. The van der Waals surface area contributed by atoms with Crippen LogP contribution < -0.4 is 11.2 Å². The number of non-ortho nitro benzene ring substituents is 1. The maximum Gasteiger partial charge on any atom is 0.348 e. The zero-order chi connectivity index (χ0) is 21.8. The van der Waals surface area contributed by atoms with Gasteiger partial charge in [-0.3, -0.25) is 19.5 Å². The van der Waals surface area contributed by atoms with E-state index in [4.69, 9.17) is 0 Å². The van der Waals surface area contributed by atoms with Crippen LogP contribution in [0, 0.1) is 10.1 Å². The maximum atomic E-state index is 13.2. The second kappa shape index (κ2) is 8.58. The van der Waals surface area contributed by atoms with E-state index in [0.29, 0.717) is 11.1 Å². The number of benzene rings is 3. The average molecular weight is 414 g/mol. The number of nitrogens with zero attached hydrogens (tertiary/aromatic N) is 4. The van der Waals surface area contributed by atoms with Gasteiger partial charge in [-0.1, -0.05) is 72.8 Å². The van der Waals surface area contributed by atoms with Crippen LogP contribution in [-0.2, 0) is 13.1 Å². The van der Waals surface area contributed by atoms with Gasteiger partial charge in [0.1, 0.15) is 0 Å². The van der Waals surface area contributed by atoms with Crippen LogP contribution >= 0.6 is 0 Å². The second-order valence-electron chi connectivity index (χ2n) is 6.96. The Balaban J connectivity index is 1.86. The summed E-state index contributed by atoms with van der Waals surface area (Å²) in [6.07, 6.45) is 0. The van der Waals surface area contributed by atoms with Crippen molar-refractivity contribution in [3.63, 3.8) is 0 Å². The van der Waals surface area contributed by atoms with Gasteiger partial charge in [0.25, 0.3) is 11.2 Å². The van der Waals surface area contributed by atoms with E-state index >= 15 is 0 Å². The van der Waals surface area contributed by atoms with Crippen LogP contribution in [0.1, 0.15) is 11.1 Å². The minimum atomic E-state index is -0.583. The molecule has 31 heavy (non-hydrogen) atoms. The summed E-state index contributed by atoms with van der Waals surface area (Å²) in [5.74, 6) is 0. The molecule has 0 aliphatic heterocycles. The predicted molar refractivity (Wildman–Crippen MR) is 116 cm³/mol. The van der Waals surface area contributed by atoms with E-state index in [-0.39, 0.29) is 24.5 Å². The van der Waals surface area contributed by atoms with Crippen molar-refractivity contribution in [1.82, 2.24) is 14.3 Å². The highest BCUT2D eigenvalue weighted by Crippen LogP contribution is 2.15. The molecule has 0 aliphatic carbocycles. The molecule has 8 heteroatoms. The van der Waals surface area contributed by atoms with Crippen molar-refractivity contribution in [2.24, 2.45) is 0 Å². The van der Waals surface area contributed by atoms with Crippen LogP contribution in [-0.4, -0.2) is 19.3 Å². The third kappa shape index (κ3) is 4.32. The normalized spacial score (nSPS) is 10.7. The highest BCUT2D eigenvalue weighted by Gasteiger charge is 2.16. The topological polar surface area (TPSA) is 100 Å². The monoisotopic (exact) mass is 414 g/mol. The van der Waals surface area contributed by atoms with E-state index in [1.54, 1.807) is 30.3 Å². The molecule has 0 amide bonds. The molecule has 4 rings (SSSR count). The summed E-state index contributed by atoms with van der Waals surface area (Å²) in [5.41, 5.74) is 0.824. The molecule has 154 valence electrons. The fraction of sp³-hybridized carbons (Fsp3) is 0.0870. The largest absolute Gasteiger partial charge is 0.348 e. The van der Waals surface area contributed by atoms with Gasteiger partial charge in [0, 0.05) is 17.7 Å². The van der Waals surface area contributed by atoms with Crippen LogP contribution in [0.15, 0.2) is 94.5 Å².